The lowest BCUT2D eigenvalue weighted by Gasteiger charge is -2.16. The van der Waals surface area contributed by atoms with E-state index >= 15 is 0 Å². The Labute approximate surface area is 241 Å². The van der Waals surface area contributed by atoms with E-state index in [0.717, 1.165) is 29.7 Å². The standard InChI is InChI=1S/C30H27Cl2N3O5/c1-3-4-5-15-40-30(39)19-11-13-22(14-12-19)33-27(36)20-10-9-18(2)24(16-20)34-26-25(32)28(37)35(29(26)38)23-8-6-7-21(31)17-23/h6-14,16-17,34H,3-5,15H2,1-2H3,(H,33,36). The first kappa shape index (κ1) is 28.9. The molecule has 0 aromatic heterocycles. The monoisotopic (exact) mass is 579 g/mol. The van der Waals surface area contributed by atoms with Crippen LogP contribution in [0.1, 0.15) is 52.5 Å². The van der Waals surface area contributed by atoms with E-state index in [2.05, 4.69) is 17.6 Å². The first-order valence-corrected chi connectivity index (χ1v) is 13.5. The summed E-state index contributed by atoms with van der Waals surface area (Å²) in [7, 11) is 0. The number of nitrogens with one attached hydrogen (secondary N) is 2. The predicted octanol–water partition coefficient (Wildman–Crippen LogP) is 6.68. The Bertz CT molecular complexity index is 1500. The van der Waals surface area contributed by atoms with Crippen LogP contribution in [0.15, 0.2) is 77.5 Å². The number of carbonyl (C=O) groups excluding carboxylic acids is 4. The average molecular weight is 580 g/mol. The third kappa shape index (κ3) is 6.52. The number of nitrogens with zero attached hydrogens (tertiary/aromatic N) is 1. The van der Waals surface area contributed by atoms with E-state index in [1.165, 1.54) is 6.07 Å². The van der Waals surface area contributed by atoms with E-state index in [-0.39, 0.29) is 16.4 Å². The number of esters is 1. The number of benzene rings is 3. The van der Waals surface area contributed by atoms with Gasteiger partial charge in [-0.25, -0.2) is 9.69 Å². The maximum atomic E-state index is 13.1. The summed E-state index contributed by atoms with van der Waals surface area (Å²) >= 11 is 12.3. The molecule has 1 heterocycles. The van der Waals surface area contributed by atoms with Crippen LogP contribution in [-0.4, -0.2) is 30.3 Å². The molecule has 1 aliphatic heterocycles. The smallest absolute Gasteiger partial charge is 0.338 e. The summed E-state index contributed by atoms with van der Waals surface area (Å²) in [6.07, 6.45) is 2.85. The van der Waals surface area contributed by atoms with Gasteiger partial charge in [-0.15, -0.1) is 0 Å². The largest absolute Gasteiger partial charge is 0.462 e. The van der Waals surface area contributed by atoms with Gasteiger partial charge in [-0.3, -0.25) is 14.4 Å². The Morgan fingerprint density at radius 2 is 1.62 bits per heavy atom. The van der Waals surface area contributed by atoms with E-state index in [1.807, 2.05) is 0 Å². The highest BCUT2D eigenvalue weighted by Crippen LogP contribution is 2.32. The zero-order valence-corrected chi connectivity index (χ0v) is 23.4. The van der Waals surface area contributed by atoms with Crippen molar-refractivity contribution in [2.75, 3.05) is 22.1 Å². The van der Waals surface area contributed by atoms with Gasteiger partial charge in [0.05, 0.1) is 17.9 Å². The van der Waals surface area contributed by atoms with Gasteiger partial charge >= 0.3 is 5.97 Å². The van der Waals surface area contributed by atoms with Crippen molar-refractivity contribution < 1.29 is 23.9 Å². The molecule has 40 heavy (non-hydrogen) atoms. The fourth-order valence-electron chi connectivity index (χ4n) is 3.99. The van der Waals surface area contributed by atoms with Crippen LogP contribution in [-0.2, 0) is 14.3 Å². The Hall–Kier alpha value is -4.14. The number of rotatable bonds is 10. The summed E-state index contributed by atoms with van der Waals surface area (Å²) in [5.74, 6) is -2.15. The van der Waals surface area contributed by atoms with Crippen LogP contribution in [0.25, 0.3) is 0 Å². The van der Waals surface area contributed by atoms with Gasteiger partial charge in [0.25, 0.3) is 17.7 Å². The lowest BCUT2D eigenvalue weighted by atomic mass is 10.1. The second kappa shape index (κ2) is 12.8. The molecule has 0 aliphatic carbocycles. The molecule has 3 aromatic carbocycles. The number of hydrogen-bond donors (Lipinski definition) is 2. The van der Waals surface area contributed by atoms with Crippen LogP contribution in [0, 0.1) is 6.92 Å². The maximum Gasteiger partial charge on any atom is 0.338 e. The van der Waals surface area contributed by atoms with Gasteiger partial charge in [-0.2, -0.15) is 0 Å². The molecule has 4 rings (SSSR count). The molecule has 3 amide bonds. The van der Waals surface area contributed by atoms with Gasteiger partial charge in [0.2, 0.25) is 0 Å². The minimum Gasteiger partial charge on any atom is -0.462 e. The van der Waals surface area contributed by atoms with Crippen molar-refractivity contribution in [1.29, 1.82) is 0 Å². The predicted molar refractivity (Wildman–Crippen MR) is 156 cm³/mol. The van der Waals surface area contributed by atoms with E-state index < -0.39 is 23.7 Å². The van der Waals surface area contributed by atoms with Crippen LogP contribution in [0.5, 0.6) is 0 Å². The van der Waals surface area contributed by atoms with Crippen molar-refractivity contribution in [3.05, 3.63) is 99.2 Å². The van der Waals surface area contributed by atoms with Crippen molar-refractivity contribution in [2.45, 2.75) is 33.1 Å². The van der Waals surface area contributed by atoms with Crippen LogP contribution in [0.2, 0.25) is 5.02 Å². The Morgan fingerprint density at radius 3 is 2.33 bits per heavy atom. The topological polar surface area (TPSA) is 105 Å². The number of amides is 3. The minimum atomic E-state index is -0.684. The molecule has 0 saturated carbocycles. The molecule has 1 aliphatic rings. The summed E-state index contributed by atoms with van der Waals surface area (Å²) in [6, 6.07) is 17.6. The lowest BCUT2D eigenvalue weighted by Crippen LogP contribution is -2.32. The molecular weight excluding hydrogens is 553 g/mol. The van der Waals surface area contributed by atoms with Gasteiger partial charge in [0.15, 0.2) is 0 Å². The van der Waals surface area contributed by atoms with Gasteiger partial charge in [0.1, 0.15) is 10.7 Å². The SMILES string of the molecule is CCCCCOC(=O)c1ccc(NC(=O)c2ccc(C)c(NC3=C(Cl)C(=O)N(c4cccc(Cl)c4)C3=O)c2)cc1. The number of aryl methyl sites for hydroxylation is 1. The Kier molecular flexibility index (Phi) is 9.24. The summed E-state index contributed by atoms with van der Waals surface area (Å²) in [5, 5.41) is 5.80. The highest BCUT2D eigenvalue weighted by molar-refractivity contribution is 6.53. The van der Waals surface area contributed by atoms with Gasteiger partial charge < -0.3 is 15.4 Å². The van der Waals surface area contributed by atoms with Crippen molar-refractivity contribution >= 4 is 64.0 Å². The van der Waals surface area contributed by atoms with Crippen molar-refractivity contribution in [3.63, 3.8) is 0 Å². The first-order chi connectivity index (χ1) is 19.2. The summed E-state index contributed by atoms with van der Waals surface area (Å²) in [6.45, 7) is 4.23. The maximum absolute atomic E-state index is 13.1. The van der Waals surface area contributed by atoms with E-state index in [9.17, 15) is 19.2 Å². The fraction of sp³-hybridized carbons (Fsp3) is 0.200. The average Bonchev–Trinajstić information content (AvgIpc) is 3.15. The fourth-order valence-corrected chi connectivity index (χ4v) is 4.38. The zero-order valence-electron chi connectivity index (χ0n) is 21.9. The third-order valence-corrected chi connectivity index (χ3v) is 6.80. The van der Waals surface area contributed by atoms with Crippen molar-refractivity contribution in [3.8, 4) is 0 Å². The van der Waals surface area contributed by atoms with Gasteiger partial charge in [-0.1, -0.05) is 55.1 Å². The number of anilines is 3. The molecule has 0 fully saturated rings. The molecule has 0 saturated heterocycles. The normalized spacial score (nSPS) is 13.1. The number of imide groups is 1. The summed E-state index contributed by atoms with van der Waals surface area (Å²) < 4.78 is 5.26. The number of hydrogen-bond acceptors (Lipinski definition) is 6. The molecule has 8 nitrogen and oxygen atoms in total. The highest BCUT2D eigenvalue weighted by atomic mass is 35.5. The van der Waals surface area contributed by atoms with Crippen LogP contribution in [0.4, 0.5) is 17.1 Å². The van der Waals surface area contributed by atoms with Crippen LogP contribution in [0.3, 0.4) is 0 Å². The second-order valence-electron chi connectivity index (χ2n) is 9.14. The summed E-state index contributed by atoms with van der Waals surface area (Å²) in [4.78, 5) is 52.0. The highest BCUT2D eigenvalue weighted by Gasteiger charge is 2.39. The Morgan fingerprint density at radius 1 is 0.900 bits per heavy atom. The third-order valence-electron chi connectivity index (χ3n) is 6.21. The molecule has 0 radical (unpaired) electrons. The molecule has 10 heteroatoms. The summed E-state index contributed by atoms with van der Waals surface area (Å²) in [5.41, 5.74) is 2.51. The first-order valence-electron chi connectivity index (χ1n) is 12.7. The number of unbranched alkanes of at least 4 members (excludes halogenated alkanes) is 2. The van der Waals surface area contributed by atoms with Crippen molar-refractivity contribution in [1.82, 2.24) is 0 Å². The number of halogens is 2. The Balaban J connectivity index is 1.45. The van der Waals surface area contributed by atoms with E-state index in [4.69, 9.17) is 27.9 Å². The molecule has 0 bridgehead atoms. The molecular formula is C30H27Cl2N3O5. The molecule has 0 spiro atoms. The lowest BCUT2D eigenvalue weighted by molar-refractivity contribution is -0.120. The van der Waals surface area contributed by atoms with E-state index in [1.54, 1.807) is 67.6 Å². The number of ether oxygens (including phenoxy) is 1. The molecule has 0 atom stereocenters. The molecule has 3 aromatic rings. The zero-order chi connectivity index (χ0) is 28.8. The van der Waals surface area contributed by atoms with E-state index in [0.29, 0.717) is 34.1 Å². The van der Waals surface area contributed by atoms with Crippen LogP contribution < -0.4 is 15.5 Å². The van der Waals surface area contributed by atoms with Gasteiger partial charge in [0, 0.05) is 22.0 Å². The van der Waals surface area contributed by atoms with Crippen LogP contribution >= 0.6 is 23.2 Å². The van der Waals surface area contributed by atoms with Crippen molar-refractivity contribution in [2.24, 2.45) is 0 Å². The molecule has 206 valence electrons. The minimum absolute atomic E-state index is 0.107. The van der Waals surface area contributed by atoms with Gasteiger partial charge in [-0.05, 0) is 73.5 Å². The molecule has 2 N–H and O–H groups in total. The number of carbonyl (C=O) groups is 4. The quantitative estimate of drug-likeness (QED) is 0.157. The second-order valence-corrected chi connectivity index (χ2v) is 9.96. The molecule has 0 unspecified atom stereocenters.